The van der Waals surface area contributed by atoms with Crippen molar-refractivity contribution in [1.29, 1.82) is 0 Å². The van der Waals surface area contributed by atoms with Crippen molar-refractivity contribution >= 4 is 5.69 Å². The Labute approximate surface area is 134 Å². The number of anilines is 1. The molecule has 2 saturated heterocycles. The maximum absolute atomic E-state index is 5.76. The first-order chi connectivity index (χ1) is 10.7. The van der Waals surface area contributed by atoms with E-state index in [1.807, 2.05) is 0 Å². The van der Waals surface area contributed by atoms with Crippen molar-refractivity contribution in [3.8, 4) is 0 Å². The van der Waals surface area contributed by atoms with E-state index in [1.54, 1.807) is 0 Å². The molecule has 0 unspecified atom stereocenters. The van der Waals surface area contributed by atoms with Crippen LogP contribution in [0.2, 0.25) is 0 Å². The molecule has 0 N–H and O–H groups in total. The lowest BCUT2D eigenvalue weighted by molar-refractivity contribution is 0.0490. The van der Waals surface area contributed by atoms with Gasteiger partial charge >= 0.3 is 0 Å². The molecule has 0 aliphatic carbocycles. The van der Waals surface area contributed by atoms with Gasteiger partial charge in [-0.05, 0) is 24.5 Å². The second-order valence-corrected chi connectivity index (χ2v) is 6.73. The zero-order valence-corrected chi connectivity index (χ0v) is 14.0. The summed E-state index contributed by atoms with van der Waals surface area (Å²) in [6, 6.07) is 8.74. The quantitative estimate of drug-likeness (QED) is 0.828. The average Bonchev–Trinajstić information content (AvgIpc) is 3.02. The summed E-state index contributed by atoms with van der Waals surface area (Å²) in [6.07, 6.45) is 2.98. The standard InChI is InChI=1S/C18H29N3O/c1-19(2)18-8-4-3-6-16(18)14-20-9-11-21(12-10-20)15-17-7-5-13-22-17/h3-4,6,8,17H,5,7,9-15H2,1-2H3/t17-/m1/s1. The van der Waals surface area contributed by atoms with Gasteiger partial charge in [0.25, 0.3) is 0 Å². The summed E-state index contributed by atoms with van der Waals surface area (Å²) in [5.41, 5.74) is 2.77. The Balaban J connectivity index is 1.49. The topological polar surface area (TPSA) is 19.0 Å². The number of para-hydroxylation sites is 1. The molecule has 2 fully saturated rings. The molecule has 3 rings (SSSR count). The number of nitrogens with zero attached hydrogens (tertiary/aromatic N) is 3. The second kappa shape index (κ2) is 7.44. The van der Waals surface area contributed by atoms with E-state index in [9.17, 15) is 0 Å². The van der Waals surface area contributed by atoms with Crippen molar-refractivity contribution in [3.63, 3.8) is 0 Å². The molecular weight excluding hydrogens is 274 g/mol. The number of hydrogen-bond donors (Lipinski definition) is 0. The van der Waals surface area contributed by atoms with E-state index in [0.717, 1.165) is 32.8 Å². The normalized spacial score (nSPS) is 23.8. The van der Waals surface area contributed by atoms with Crippen LogP contribution in [0.15, 0.2) is 24.3 Å². The molecule has 4 nitrogen and oxygen atoms in total. The van der Waals surface area contributed by atoms with E-state index in [4.69, 9.17) is 4.74 Å². The number of benzene rings is 1. The van der Waals surface area contributed by atoms with Gasteiger partial charge in [0.1, 0.15) is 0 Å². The summed E-state index contributed by atoms with van der Waals surface area (Å²) in [5.74, 6) is 0. The lowest BCUT2D eigenvalue weighted by Gasteiger charge is -2.36. The SMILES string of the molecule is CN(C)c1ccccc1CN1CCN(C[C@H]2CCCO2)CC1. The predicted molar refractivity (Wildman–Crippen MR) is 91.5 cm³/mol. The van der Waals surface area contributed by atoms with Gasteiger partial charge in [-0.3, -0.25) is 9.80 Å². The summed E-state index contributed by atoms with van der Waals surface area (Å²) in [6.45, 7) is 7.81. The van der Waals surface area contributed by atoms with E-state index < -0.39 is 0 Å². The van der Waals surface area contributed by atoms with E-state index in [0.29, 0.717) is 6.10 Å². The van der Waals surface area contributed by atoms with E-state index in [2.05, 4.69) is 53.1 Å². The third-order valence-corrected chi connectivity index (χ3v) is 4.82. The highest BCUT2D eigenvalue weighted by atomic mass is 16.5. The van der Waals surface area contributed by atoms with Crippen LogP contribution in [0.1, 0.15) is 18.4 Å². The Bertz CT molecular complexity index is 463. The molecule has 1 atom stereocenters. The largest absolute Gasteiger partial charge is 0.377 e. The molecule has 2 aliphatic heterocycles. The summed E-state index contributed by atoms with van der Waals surface area (Å²) >= 11 is 0. The molecule has 0 amide bonds. The predicted octanol–water partition coefficient (Wildman–Crippen LogP) is 2.05. The van der Waals surface area contributed by atoms with Gasteiger partial charge < -0.3 is 9.64 Å². The van der Waals surface area contributed by atoms with Gasteiger partial charge in [-0.25, -0.2) is 0 Å². The average molecular weight is 303 g/mol. The highest BCUT2D eigenvalue weighted by Gasteiger charge is 2.23. The molecular formula is C18H29N3O. The fourth-order valence-electron chi connectivity index (χ4n) is 3.53. The molecule has 2 aliphatic rings. The summed E-state index contributed by atoms with van der Waals surface area (Å²) in [5, 5.41) is 0. The van der Waals surface area contributed by atoms with Crippen LogP contribution in [0.3, 0.4) is 0 Å². The van der Waals surface area contributed by atoms with Crippen LogP contribution in [-0.2, 0) is 11.3 Å². The second-order valence-electron chi connectivity index (χ2n) is 6.73. The minimum atomic E-state index is 0.487. The minimum absolute atomic E-state index is 0.487. The first-order valence-electron chi connectivity index (χ1n) is 8.54. The lowest BCUT2D eigenvalue weighted by atomic mass is 10.1. The Kier molecular flexibility index (Phi) is 5.34. The monoisotopic (exact) mass is 303 g/mol. The van der Waals surface area contributed by atoms with Crippen molar-refractivity contribution in [2.45, 2.75) is 25.5 Å². The summed E-state index contributed by atoms with van der Waals surface area (Å²) < 4.78 is 5.76. The minimum Gasteiger partial charge on any atom is -0.377 e. The van der Waals surface area contributed by atoms with E-state index in [1.165, 1.54) is 37.2 Å². The highest BCUT2D eigenvalue weighted by Crippen LogP contribution is 2.21. The molecule has 22 heavy (non-hydrogen) atoms. The zero-order chi connectivity index (χ0) is 15.4. The van der Waals surface area contributed by atoms with Crippen molar-refractivity contribution < 1.29 is 4.74 Å². The molecule has 0 saturated carbocycles. The summed E-state index contributed by atoms with van der Waals surface area (Å²) in [7, 11) is 4.25. The Morgan fingerprint density at radius 2 is 1.82 bits per heavy atom. The molecule has 1 aromatic carbocycles. The first-order valence-corrected chi connectivity index (χ1v) is 8.54. The van der Waals surface area contributed by atoms with Crippen LogP contribution in [0, 0.1) is 0 Å². The number of piperazine rings is 1. The third kappa shape index (κ3) is 4.00. The van der Waals surface area contributed by atoms with Gasteiger partial charge in [0.15, 0.2) is 0 Å². The van der Waals surface area contributed by atoms with Gasteiger partial charge in [0, 0.05) is 65.7 Å². The number of hydrogen-bond acceptors (Lipinski definition) is 4. The van der Waals surface area contributed by atoms with Crippen molar-refractivity contribution in [2.24, 2.45) is 0 Å². The van der Waals surface area contributed by atoms with Crippen molar-refractivity contribution in [2.75, 3.05) is 58.3 Å². The first kappa shape index (κ1) is 15.8. The molecule has 122 valence electrons. The fourth-order valence-corrected chi connectivity index (χ4v) is 3.53. The molecule has 0 aromatic heterocycles. The van der Waals surface area contributed by atoms with E-state index in [-0.39, 0.29) is 0 Å². The fraction of sp³-hybridized carbons (Fsp3) is 0.667. The highest BCUT2D eigenvalue weighted by molar-refractivity contribution is 5.52. The molecule has 0 bridgehead atoms. The van der Waals surface area contributed by atoms with Crippen LogP contribution in [0.5, 0.6) is 0 Å². The van der Waals surface area contributed by atoms with Crippen LogP contribution in [0.4, 0.5) is 5.69 Å². The van der Waals surface area contributed by atoms with Gasteiger partial charge in [-0.1, -0.05) is 18.2 Å². The van der Waals surface area contributed by atoms with E-state index >= 15 is 0 Å². The Morgan fingerprint density at radius 3 is 2.50 bits per heavy atom. The molecule has 1 aromatic rings. The van der Waals surface area contributed by atoms with Gasteiger partial charge in [-0.2, -0.15) is 0 Å². The third-order valence-electron chi connectivity index (χ3n) is 4.82. The lowest BCUT2D eigenvalue weighted by Crippen LogP contribution is -2.48. The van der Waals surface area contributed by atoms with Crippen LogP contribution >= 0.6 is 0 Å². The van der Waals surface area contributed by atoms with Crippen LogP contribution in [-0.4, -0.2) is 69.3 Å². The van der Waals surface area contributed by atoms with Gasteiger partial charge in [0.05, 0.1) is 6.10 Å². The van der Waals surface area contributed by atoms with Crippen LogP contribution < -0.4 is 4.90 Å². The van der Waals surface area contributed by atoms with Crippen molar-refractivity contribution in [3.05, 3.63) is 29.8 Å². The van der Waals surface area contributed by atoms with Gasteiger partial charge in [0.2, 0.25) is 0 Å². The molecule has 0 radical (unpaired) electrons. The van der Waals surface area contributed by atoms with Gasteiger partial charge in [-0.15, -0.1) is 0 Å². The Morgan fingerprint density at radius 1 is 1.09 bits per heavy atom. The molecule has 2 heterocycles. The van der Waals surface area contributed by atoms with Crippen LogP contribution in [0.25, 0.3) is 0 Å². The number of ether oxygens (including phenoxy) is 1. The maximum atomic E-state index is 5.76. The molecule has 0 spiro atoms. The zero-order valence-electron chi connectivity index (χ0n) is 14.0. The summed E-state index contributed by atoms with van der Waals surface area (Å²) in [4.78, 5) is 7.36. The maximum Gasteiger partial charge on any atom is 0.0702 e. The smallest absolute Gasteiger partial charge is 0.0702 e. The number of rotatable bonds is 5. The molecule has 4 heteroatoms. The van der Waals surface area contributed by atoms with Crippen molar-refractivity contribution in [1.82, 2.24) is 9.80 Å². The Hall–Kier alpha value is -1.10.